The number of benzene rings is 4. The predicted octanol–water partition coefficient (Wildman–Crippen LogP) is 8.27. The van der Waals surface area contributed by atoms with Crippen molar-refractivity contribution in [2.45, 2.75) is 13.8 Å². The van der Waals surface area contributed by atoms with Crippen molar-refractivity contribution in [1.82, 2.24) is 0 Å². The number of pyridine rings is 1. The van der Waals surface area contributed by atoms with E-state index in [9.17, 15) is 9.65 Å². The third kappa shape index (κ3) is 3.17. The van der Waals surface area contributed by atoms with Crippen molar-refractivity contribution in [3.63, 3.8) is 0 Å². The largest absolute Gasteiger partial charge is 0.456 e. The van der Waals surface area contributed by atoms with Crippen LogP contribution in [0.5, 0.6) is 0 Å². The summed E-state index contributed by atoms with van der Waals surface area (Å²) in [5.41, 5.74) is 8.29. The van der Waals surface area contributed by atoms with Crippen LogP contribution in [0.25, 0.3) is 66.3 Å². The van der Waals surface area contributed by atoms with Gasteiger partial charge in [0.2, 0.25) is 5.69 Å². The van der Waals surface area contributed by atoms with E-state index in [1.165, 1.54) is 0 Å². The molecule has 4 nitrogen and oxygen atoms in total. The summed E-state index contributed by atoms with van der Waals surface area (Å²) in [6.45, 7) is 3.75. The number of aryl methyl sites for hydroxylation is 3. The summed E-state index contributed by atoms with van der Waals surface area (Å²) in [5, 5.41) is 13.7. The third-order valence-electron chi connectivity index (χ3n) is 7.43. The number of furan rings is 2. The van der Waals surface area contributed by atoms with Crippen molar-refractivity contribution in [3.8, 4) is 28.5 Å². The summed E-state index contributed by atoms with van der Waals surface area (Å²) in [7, 11) is 1.91. The van der Waals surface area contributed by atoms with E-state index in [1.807, 2.05) is 79.2 Å². The highest BCUT2D eigenvalue weighted by atomic mass is 19.1. The summed E-state index contributed by atoms with van der Waals surface area (Å²) < 4.78 is 29.4. The molecule has 0 saturated carbocycles. The lowest BCUT2D eigenvalue weighted by molar-refractivity contribution is -0.661. The van der Waals surface area contributed by atoms with Crippen molar-refractivity contribution >= 4 is 43.9 Å². The maximum atomic E-state index is 14.7. The van der Waals surface area contributed by atoms with Crippen LogP contribution in [0, 0.1) is 31.0 Å². The summed E-state index contributed by atoms with van der Waals surface area (Å²) in [6.07, 6.45) is 1.79. The standard InChI is InChI=1S/C33H22FN2O2/c1-18-8-10-24-26-13-20(16-35)12-25(21-9-11-23-22-6-4-5-7-29(22)37-30(23)14-21)32(26)38-33(24)31(18)28-15-27(34)19(2)17-36(28)3/h4-15,17H,1-3H3/q+1. The van der Waals surface area contributed by atoms with Crippen LogP contribution < -0.4 is 4.57 Å². The van der Waals surface area contributed by atoms with Gasteiger partial charge in [-0.2, -0.15) is 5.26 Å². The van der Waals surface area contributed by atoms with Crippen LogP contribution in [0.2, 0.25) is 0 Å². The third-order valence-corrected chi connectivity index (χ3v) is 7.43. The number of aromatic nitrogens is 1. The van der Waals surface area contributed by atoms with Gasteiger partial charge in [0.05, 0.1) is 17.2 Å². The van der Waals surface area contributed by atoms with E-state index in [-0.39, 0.29) is 5.82 Å². The van der Waals surface area contributed by atoms with Gasteiger partial charge in [-0.25, -0.2) is 8.96 Å². The molecule has 3 heterocycles. The van der Waals surface area contributed by atoms with Crippen LogP contribution >= 0.6 is 0 Å². The molecule has 0 saturated heterocycles. The van der Waals surface area contributed by atoms with Gasteiger partial charge in [-0.3, -0.25) is 0 Å². The smallest absolute Gasteiger partial charge is 0.219 e. The van der Waals surface area contributed by atoms with Crippen LogP contribution in [-0.2, 0) is 7.05 Å². The van der Waals surface area contributed by atoms with Crippen LogP contribution in [0.4, 0.5) is 4.39 Å². The Kier molecular flexibility index (Phi) is 4.70. The van der Waals surface area contributed by atoms with Gasteiger partial charge in [0, 0.05) is 38.7 Å². The highest BCUT2D eigenvalue weighted by Crippen LogP contribution is 2.42. The van der Waals surface area contributed by atoms with Gasteiger partial charge in [0.15, 0.2) is 6.20 Å². The molecule has 0 aliphatic rings. The highest BCUT2D eigenvalue weighted by molar-refractivity contribution is 6.14. The first kappa shape index (κ1) is 22.3. The van der Waals surface area contributed by atoms with Crippen molar-refractivity contribution in [2.24, 2.45) is 7.05 Å². The van der Waals surface area contributed by atoms with Gasteiger partial charge in [-0.05, 0) is 55.3 Å². The van der Waals surface area contributed by atoms with Crippen LogP contribution in [0.1, 0.15) is 16.7 Å². The normalized spacial score (nSPS) is 11.7. The lowest BCUT2D eigenvalue weighted by atomic mass is 9.97. The molecular formula is C33H22FN2O2+. The van der Waals surface area contributed by atoms with Gasteiger partial charge in [-0.1, -0.05) is 36.4 Å². The van der Waals surface area contributed by atoms with Crippen LogP contribution in [-0.4, -0.2) is 0 Å². The van der Waals surface area contributed by atoms with Gasteiger partial charge in [-0.15, -0.1) is 0 Å². The maximum Gasteiger partial charge on any atom is 0.219 e. The minimum absolute atomic E-state index is 0.266. The Labute approximate surface area is 217 Å². The molecule has 7 aromatic rings. The minimum Gasteiger partial charge on any atom is -0.456 e. The van der Waals surface area contributed by atoms with Gasteiger partial charge in [0.25, 0.3) is 0 Å². The topological polar surface area (TPSA) is 54.0 Å². The number of halogens is 1. The molecule has 5 heteroatoms. The second kappa shape index (κ2) is 8.03. The zero-order valence-electron chi connectivity index (χ0n) is 21.1. The van der Waals surface area contributed by atoms with Crippen molar-refractivity contribution in [3.05, 3.63) is 102 Å². The van der Waals surface area contributed by atoms with Crippen molar-refractivity contribution in [1.29, 1.82) is 5.26 Å². The van der Waals surface area contributed by atoms with E-state index in [4.69, 9.17) is 8.83 Å². The molecule has 0 radical (unpaired) electrons. The van der Waals surface area contributed by atoms with E-state index >= 15 is 0 Å². The number of hydrogen-bond donors (Lipinski definition) is 0. The molecule has 7 rings (SSSR count). The average molecular weight is 498 g/mol. The first-order valence-corrected chi connectivity index (χ1v) is 12.4. The Morgan fingerprint density at radius 1 is 0.763 bits per heavy atom. The monoisotopic (exact) mass is 497 g/mol. The van der Waals surface area contributed by atoms with Crippen LogP contribution in [0.3, 0.4) is 0 Å². The van der Waals surface area contributed by atoms with E-state index in [1.54, 1.807) is 19.2 Å². The number of rotatable bonds is 2. The Balaban J connectivity index is 1.54. The lowest BCUT2D eigenvalue weighted by Gasteiger charge is -2.06. The number of nitrogens with zero attached hydrogens (tertiary/aromatic N) is 2. The average Bonchev–Trinajstić information content (AvgIpc) is 3.48. The van der Waals surface area contributed by atoms with Crippen LogP contribution in [0.15, 0.2) is 87.8 Å². The summed E-state index contributed by atoms with van der Waals surface area (Å²) in [4.78, 5) is 0. The predicted molar refractivity (Wildman–Crippen MR) is 147 cm³/mol. The molecule has 3 aromatic heterocycles. The Morgan fingerprint density at radius 2 is 1.55 bits per heavy atom. The molecule has 182 valence electrons. The molecule has 0 aliphatic heterocycles. The summed E-state index contributed by atoms with van der Waals surface area (Å²) >= 11 is 0. The Bertz CT molecular complexity index is 2140. The summed E-state index contributed by atoms with van der Waals surface area (Å²) in [6, 6.07) is 25.7. The molecule has 0 fully saturated rings. The van der Waals surface area contributed by atoms with Crippen molar-refractivity contribution in [2.75, 3.05) is 0 Å². The first-order chi connectivity index (χ1) is 18.4. The van der Waals surface area contributed by atoms with Gasteiger partial charge in [0.1, 0.15) is 35.2 Å². The summed E-state index contributed by atoms with van der Waals surface area (Å²) in [5.74, 6) is -0.266. The number of fused-ring (bicyclic) bond motifs is 6. The maximum absolute atomic E-state index is 14.7. The highest BCUT2D eigenvalue weighted by Gasteiger charge is 2.24. The second-order valence-corrected chi connectivity index (χ2v) is 9.86. The van der Waals surface area contributed by atoms with Gasteiger partial charge < -0.3 is 8.83 Å². The fourth-order valence-corrected chi connectivity index (χ4v) is 5.54. The molecular weight excluding hydrogens is 475 g/mol. The van der Waals surface area contributed by atoms with E-state index < -0.39 is 0 Å². The second-order valence-electron chi connectivity index (χ2n) is 9.86. The molecule has 0 aliphatic carbocycles. The van der Waals surface area contributed by atoms with Crippen molar-refractivity contribution < 1.29 is 17.8 Å². The number of nitriles is 1. The number of para-hydroxylation sites is 1. The molecule has 0 spiro atoms. The number of hydrogen-bond acceptors (Lipinski definition) is 3. The van der Waals surface area contributed by atoms with E-state index in [2.05, 4.69) is 12.1 Å². The molecule has 0 bridgehead atoms. The lowest BCUT2D eigenvalue weighted by Crippen LogP contribution is -2.31. The zero-order valence-corrected chi connectivity index (χ0v) is 21.1. The van der Waals surface area contributed by atoms with Gasteiger partial charge >= 0.3 is 0 Å². The molecule has 38 heavy (non-hydrogen) atoms. The fraction of sp³-hybridized carbons (Fsp3) is 0.0909. The molecule has 4 aromatic carbocycles. The SMILES string of the molecule is Cc1c[n+](C)c(-c2c(C)ccc3c2oc2c(-c4ccc5c(c4)oc4ccccc45)cc(C#N)cc23)cc1F. The fourth-order valence-electron chi connectivity index (χ4n) is 5.54. The zero-order chi connectivity index (χ0) is 26.1. The first-order valence-electron chi connectivity index (χ1n) is 12.4. The Morgan fingerprint density at radius 3 is 2.39 bits per heavy atom. The van der Waals surface area contributed by atoms with E-state index in [0.717, 1.165) is 60.7 Å². The molecule has 0 amide bonds. The molecule has 0 unspecified atom stereocenters. The Hall–Kier alpha value is -4.95. The molecule has 0 N–H and O–H groups in total. The molecule has 0 atom stereocenters. The van der Waals surface area contributed by atoms with E-state index in [0.29, 0.717) is 22.3 Å². The minimum atomic E-state index is -0.266. The quantitative estimate of drug-likeness (QED) is 0.226.